The van der Waals surface area contributed by atoms with E-state index in [0.29, 0.717) is 0 Å². The summed E-state index contributed by atoms with van der Waals surface area (Å²) < 4.78 is 5.72. The van der Waals surface area contributed by atoms with Crippen molar-refractivity contribution in [1.82, 2.24) is 0 Å². The fourth-order valence-electron chi connectivity index (χ4n) is 3.21. The Morgan fingerprint density at radius 3 is 2.11 bits per heavy atom. The predicted molar refractivity (Wildman–Crippen MR) is 73.7 cm³/mol. The standard InChI is InChI=1S/C16H24O2/c1-12-9-13(2)11-14(10-12)15(17)16(18-3)7-5-4-6-8-16/h9-11,15,17H,4-8H2,1-3H3. The minimum Gasteiger partial charge on any atom is -0.385 e. The molecule has 1 aliphatic carbocycles. The first-order valence-electron chi connectivity index (χ1n) is 6.89. The number of rotatable bonds is 3. The van der Waals surface area contributed by atoms with Gasteiger partial charge in [-0.05, 0) is 32.3 Å². The molecule has 2 heteroatoms. The second-order valence-electron chi connectivity index (χ2n) is 5.65. The molecule has 0 saturated heterocycles. The summed E-state index contributed by atoms with van der Waals surface area (Å²) in [6.07, 6.45) is 4.95. The van der Waals surface area contributed by atoms with Crippen LogP contribution in [0.1, 0.15) is 54.9 Å². The highest BCUT2D eigenvalue weighted by atomic mass is 16.5. The maximum Gasteiger partial charge on any atom is 0.108 e. The second-order valence-corrected chi connectivity index (χ2v) is 5.65. The minimum absolute atomic E-state index is 0.377. The number of aliphatic hydroxyl groups excluding tert-OH is 1. The minimum atomic E-state index is -0.513. The highest BCUT2D eigenvalue weighted by Crippen LogP contribution is 2.41. The van der Waals surface area contributed by atoms with Gasteiger partial charge in [0.2, 0.25) is 0 Å². The van der Waals surface area contributed by atoms with Gasteiger partial charge in [-0.15, -0.1) is 0 Å². The number of hydrogen-bond donors (Lipinski definition) is 1. The number of aliphatic hydroxyl groups is 1. The molecular formula is C16H24O2. The van der Waals surface area contributed by atoms with Crippen molar-refractivity contribution in [1.29, 1.82) is 0 Å². The molecule has 1 aliphatic rings. The molecule has 1 aromatic carbocycles. The van der Waals surface area contributed by atoms with Crippen LogP contribution in [0.5, 0.6) is 0 Å². The van der Waals surface area contributed by atoms with Crippen LogP contribution >= 0.6 is 0 Å². The smallest absolute Gasteiger partial charge is 0.108 e. The van der Waals surface area contributed by atoms with Crippen molar-refractivity contribution in [2.75, 3.05) is 7.11 Å². The summed E-state index contributed by atoms with van der Waals surface area (Å²) in [7, 11) is 1.73. The van der Waals surface area contributed by atoms with Crippen molar-refractivity contribution in [3.05, 3.63) is 34.9 Å². The molecule has 0 radical (unpaired) electrons. The summed E-state index contributed by atoms with van der Waals surface area (Å²) in [6, 6.07) is 6.29. The van der Waals surface area contributed by atoms with Gasteiger partial charge in [-0.2, -0.15) is 0 Å². The lowest BCUT2D eigenvalue weighted by Gasteiger charge is -2.40. The van der Waals surface area contributed by atoms with E-state index in [9.17, 15) is 5.11 Å². The van der Waals surface area contributed by atoms with E-state index in [1.807, 2.05) is 0 Å². The predicted octanol–water partition coefficient (Wildman–Crippen LogP) is 3.69. The van der Waals surface area contributed by atoms with Gasteiger partial charge in [0.15, 0.2) is 0 Å². The summed E-state index contributed by atoms with van der Waals surface area (Å²) >= 11 is 0. The monoisotopic (exact) mass is 248 g/mol. The van der Waals surface area contributed by atoms with Crippen molar-refractivity contribution in [3.63, 3.8) is 0 Å². The van der Waals surface area contributed by atoms with E-state index in [1.54, 1.807) is 7.11 Å². The second kappa shape index (κ2) is 5.41. The van der Waals surface area contributed by atoms with Crippen LogP contribution in [0.3, 0.4) is 0 Å². The Hall–Kier alpha value is -0.860. The van der Waals surface area contributed by atoms with Crippen LogP contribution < -0.4 is 0 Å². The molecule has 2 nitrogen and oxygen atoms in total. The maximum absolute atomic E-state index is 10.7. The number of ether oxygens (including phenoxy) is 1. The Morgan fingerprint density at radius 1 is 1.06 bits per heavy atom. The van der Waals surface area contributed by atoms with Crippen LogP contribution in [-0.2, 0) is 4.74 Å². The molecule has 1 aromatic rings. The summed E-state index contributed by atoms with van der Waals surface area (Å²) in [6.45, 7) is 4.15. The Balaban J connectivity index is 2.30. The lowest BCUT2D eigenvalue weighted by Crippen LogP contribution is -2.40. The number of aryl methyl sites for hydroxylation is 2. The average molecular weight is 248 g/mol. The molecule has 1 N–H and O–H groups in total. The molecule has 100 valence electrons. The van der Waals surface area contributed by atoms with Gasteiger partial charge in [0.05, 0.1) is 5.60 Å². The zero-order chi connectivity index (χ0) is 13.2. The number of benzene rings is 1. The van der Waals surface area contributed by atoms with Crippen LogP contribution in [-0.4, -0.2) is 17.8 Å². The van der Waals surface area contributed by atoms with Gasteiger partial charge in [-0.1, -0.05) is 48.6 Å². The van der Waals surface area contributed by atoms with Gasteiger partial charge in [0.25, 0.3) is 0 Å². The van der Waals surface area contributed by atoms with Gasteiger partial charge < -0.3 is 9.84 Å². The van der Waals surface area contributed by atoms with Crippen molar-refractivity contribution in [2.24, 2.45) is 0 Å². The third-order valence-corrected chi connectivity index (χ3v) is 4.16. The van der Waals surface area contributed by atoms with E-state index in [1.165, 1.54) is 17.5 Å². The zero-order valence-electron chi connectivity index (χ0n) is 11.7. The van der Waals surface area contributed by atoms with E-state index in [4.69, 9.17) is 4.74 Å². The molecule has 1 atom stereocenters. The summed E-state index contributed by atoms with van der Waals surface area (Å²) in [5.41, 5.74) is 3.02. The van der Waals surface area contributed by atoms with E-state index < -0.39 is 6.10 Å². The third-order valence-electron chi connectivity index (χ3n) is 4.16. The first-order chi connectivity index (χ1) is 8.57. The van der Waals surface area contributed by atoms with E-state index in [2.05, 4.69) is 32.0 Å². The first kappa shape index (κ1) is 13.6. The Labute approximate surface area is 110 Å². The first-order valence-corrected chi connectivity index (χ1v) is 6.89. The highest BCUT2D eigenvalue weighted by Gasteiger charge is 2.40. The van der Waals surface area contributed by atoms with E-state index >= 15 is 0 Å². The molecule has 18 heavy (non-hydrogen) atoms. The molecule has 2 rings (SSSR count). The SMILES string of the molecule is COC1(C(O)c2cc(C)cc(C)c2)CCCCC1. The van der Waals surface area contributed by atoms with Gasteiger partial charge in [-0.3, -0.25) is 0 Å². The van der Waals surface area contributed by atoms with Gasteiger partial charge in [0.1, 0.15) is 6.10 Å². The van der Waals surface area contributed by atoms with Crippen molar-refractivity contribution in [2.45, 2.75) is 57.7 Å². The lowest BCUT2D eigenvalue weighted by molar-refractivity contribution is -0.125. The van der Waals surface area contributed by atoms with Gasteiger partial charge in [0, 0.05) is 7.11 Å². The Morgan fingerprint density at radius 2 is 1.61 bits per heavy atom. The van der Waals surface area contributed by atoms with E-state index in [0.717, 1.165) is 31.2 Å². The molecule has 0 amide bonds. The van der Waals surface area contributed by atoms with Crippen LogP contribution in [0.15, 0.2) is 18.2 Å². The summed E-state index contributed by atoms with van der Waals surface area (Å²) in [5.74, 6) is 0. The zero-order valence-corrected chi connectivity index (χ0v) is 11.7. The molecule has 0 bridgehead atoms. The fraction of sp³-hybridized carbons (Fsp3) is 0.625. The Kier molecular flexibility index (Phi) is 4.08. The third kappa shape index (κ3) is 2.60. The lowest BCUT2D eigenvalue weighted by atomic mass is 9.78. The molecule has 0 aromatic heterocycles. The molecule has 0 aliphatic heterocycles. The van der Waals surface area contributed by atoms with Gasteiger partial charge in [-0.25, -0.2) is 0 Å². The quantitative estimate of drug-likeness (QED) is 0.884. The van der Waals surface area contributed by atoms with Crippen molar-refractivity contribution >= 4 is 0 Å². The topological polar surface area (TPSA) is 29.5 Å². The molecular weight excluding hydrogens is 224 g/mol. The largest absolute Gasteiger partial charge is 0.385 e. The van der Waals surface area contributed by atoms with Crippen LogP contribution in [0.4, 0.5) is 0 Å². The normalized spacial score (nSPS) is 20.7. The fourth-order valence-corrected chi connectivity index (χ4v) is 3.21. The summed E-state index contributed by atoms with van der Waals surface area (Å²) in [4.78, 5) is 0. The van der Waals surface area contributed by atoms with E-state index in [-0.39, 0.29) is 5.60 Å². The van der Waals surface area contributed by atoms with Crippen LogP contribution in [0.25, 0.3) is 0 Å². The average Bonchev–Trinajstić information content (AvgIpc) is 2.37. The molecule has 0 heterocycles. The van der Waals surface area contributed by atoms with Crippen molar-refractivity contribution < 1.29 is 9.84 Å². The van der Waals surface area contributed by atoms with Crippen LogP contribution in [0.2, 0.25) is 0 Å². The molecule has 1 fully saturated rings. The Bertz CT molecular complexity index is 385. The van der Waals surface area contributed by atoms with Crippen LogP contribution in [0, 0.1) is 13.8 Å². The molecule has 0 spiro atoms. The summed E-state index contributed by atoms with van der Waals surface area (Å²) in [5, 5.41) is 10.7. The highest BCUT2D eigenvalue weighted by molar-refractivity contribution is 5.31. The molecule has 1 unspecified atom stereocenters. The number of hydrogen-bond acceptors (Lipinski definition) is 2. The number of methoxy groups -OCH3 is 1. The molecule has 1 saturated carbocycles. The van der Waals surface area contributed by atoms with Gasteiger partial charge >= 0.3 is 0 Å². The maximum atomic E-state index is 10.7. The van der Waals surface area contributed by atoms with Crippen molar-refractivity contribution in [3.8, 4) is 0 Å².